The highest BCUT2D eigenvalue weighted by Crippen LogP contribution is 2.11. The van der Waals surface area contributed by atoms with Crippen molar-refractivity contribution in [2.24, 2.45) is 0 Å². The number of nitrogens with zero attached hydrogens (tertiary/aromatic N) is 2. The van der Waals surface area contributed by atoms with Gasteiger partial charge in [-0.15, -0.1) is 0 Å². The third-order valence-electron chi connectivity index (χ3n) is 1.45. The molecule has 76 valence electrons. The SMILES string of the molecule is CCOc1nc(NC)cc(C(=O)O)n1. The number of hydrogen-bond donors (Lipinski definition) is 2. The van der Waals surface area contributed by atoms with E-state index in [0.29, 0.717) is 12.4 Å². The lowest BCUT2D eigenvalue weighted by atomic mass is 10.4. The van der Waals surface area contributed by atoms with Gasteiger partial charge in [0.2, 0.25) is 0 Å². The average Bonchev–Trinajstić information content (AvgIpc) is 2.17. The second-order valence-corrected chi connectivity index (χ2v) is 2.41. The minimum absolute atomic E-state index is 0.0664. The molecule has 0 bridgehead atoms. The van der Waals surface area contributed by atoms with Crippen LogP contribution in [0.2, 0.25) is 0 Å². The van der Waals surface area contributed by atoms with Gasteiger partial charge in [-0.05, 0) is 6.92 Å². The second-order valence-electron chi connectivity index (χ2n) is 2.41. The van der Waals surface area contributed by atoms with E-state index in [-0.39, 0.29) is 11.7 Å². The molecule has 6 heteroatoms. The van der Waals surface area contributed by atoms with E-state index >= 15 is 0 Å². The van der Waals surface area contributed by atoms with E-state index in [9.17, 15) is 4.79 Å². The lowest BCUT2D eigenvalue weighted by Gasteiger charge is -2.04. The fourth-order valence-corrected chi connectivity index (χ4v) is 0.856. The Labute approximate surface area is 80.9 Å². The van der Waals surface area contributed by atoms with Crippen LogP contribution in [0.25, 0.3) is 0 Å². The molecule has 14 heavy (non-hydrogen) atoms. The molecule has 1 rings (SSSR count). The van der Waals surface area contributed by atoms with Crippen molar-refractivity contribution >= 4 is 11.8 Å². The summed E-state index contributed by atoms with van der Waals surface area (Å²) in [5.41, 5.74) is -0.0900. The summed E-state index contributed by atoms with van der Waals surface area (Å²) in [6.45, 7) is 2.17. The number of aromatic carboxylic acids is 1. The zero-order valence-corrected chi connectivity index (χ0v) is 7.94. The van der Waals surface area contributed by atoms with E-state index in [0.717, 1.165) is 0 Å². The van der Waals surface area contributed by atoms with Gasteiger partial charge < -0.3 is 15.2 Å². The first-order valence-corrected chi connectivity index (χ1v) is 4.10. The maximum absolute atomic E-state index is 10.7. The summed E-state index contributed by atoms with van der Waals surface area (Å²) in [7, 11) is 1.64. The van der Waals surface area contributed by atoms with Gasteiger partial charge in [-0.1, -0.05) is 0 Å². The molecule has 1 heterocycles. The van der Waals surface area contributed by atoms with Gasteiger partial charge in [-0.25, -0.2) is 4.79 Å². The van der Waals surface area contributed by atoms with E-state index in [1.54, 1.807) is 14.0 Å². The number of rotatable bonds is 4. The maximum Gasteiger partial charge on any atom is 0.354 e. The fourth-order valence-electron chi connectivity index (χ4n) is 0.856. The highest BCUT2D eigenvalue weighted by Gasteiger charge is 2.09. The molecule has 0 aliphatic rings. The van der Waals surface area contributed by atoms with Crippen molar-refractivity contribution in [2.45, 2.75) is 6.92 Å². The van der Waals surface area contributed by atoms with Crippen LogP contribution in [-0.2, 0) is 0 Å². The summed E-state index contributed by atoms with van der Waals surface area (Å²) >= 11 is 0. The minimum Gasteiger partial charge on any atom is -0.477 e. The van der Waals surface area contributed by atoms with Crippen molar-refractivity contribution < 1.29 is 14.6 Å². The average molecular weight is 197 g/mol. The normalized spacial score (nSPS) is 9.57. The Balaban J connectivity index is 3.06. The molecule has 2 N–H and O–H groups in total. The van der Waals surface area contributed by atoms with Gasteiger partial charge in [0.15, 0.2) is 5.69 Å². The highest BCUT2D eigenvalue weighted by molar-refractivity contribution is 5.86. The predicted octanol–water partition coefficient (Wildman–Crippen LogP) is 0.615. The highest BCUT2D eigenvalue weighted by atomic mass is 16.5. The first-order valence-electron chi connectivity index (χ1n) is 4.10. The number of nitrogens with one attached hydrogen (secondary N) is 1. The smallest absolute Gasteiger partial charge is 0.354 e. The Morgan fingerprint density at radius 3 is 2.86 bits per heavy atom. The molecule has 0 saturated heterocycles. The number of ether oxygens (including phenoxy) is 1. The number of aromatic nitrogens is 2. The lowest BCUT2D eigenvalue weighted by molar-refractivity contribution is 0.0689. The third kappa shape index (κ3) is 2.32. The summed E-state index contributed by atoms with van der Waals surface area (Å²) in [5.74, 6) is -0.689. The van der Waals surface area contributed by atoms with Crippen molar-refractivity contribution in [3.05, 3.63) is 11.8 Å². The number of hydrogen-bond acceptors (Lipinski definition) is 5. The standard InChI is InChI=1S/C8H11N3O3/c1-3-14-8-10-5(7(12)13)4-6(9-2)11-8/h4H,3H2,1-2H3,(H,12,13)(H,9,10,11). The molecule has 1 aromatic rings. The zero-order chi connectivity index (χ0) is 10.6. The molecule has 0 spiro atoms. The Bertz CT molecular complexity index is 341. The van der Waals surface area contributed by atoms with Crippen molar-refractivity contribution in [1.82, 2.24) is 9.97 Å². The number of anilines is 1. The van der Waals surface area contributed by atoms with Crippen LogP contribution in [0.15, 0.2) is 6.07 Å². The Kier molecular flexibility index (Phi) is 3.22. The van der Waals surface area contributed by atoms with Crippen LogP contribution in [0.4, 0.5) is 5.82 Å². The van der Waals surface area contributed by atoms with Crippen LogP contribution in [0.5, 0.6) is 6.01 Å². The van der Waals surface area contributed by atoms with Gasteiger partial charge in [0.25, 0.3) is 0 Å². The van der Waals surface area contributed by atoms with Crippen molar-refractivity contribution in [3.63, 3.8) is 0 Å². The van der Waals surface area contributed by atoms with Crippen LogP contribution < -0.4 is 10.1 Å². The summed E-state index contributed by atoms with van der Waals surface area (Å²) in [6, 6.07) is 1.40. The van der Waals surface area contributed by atoms with E-state index in [2.05, 4.69) is 15.3 Å². The molecule has 0 unspecified atom stereocenters. The van der Waals surface area contributed by atoms with Crippen LogP contribution >= 0.6 is 0 Å². The minimum atomic E-state index is -1.11. The topological polar surface area (TPSA) is 84.3 Å². The molecule has 0 radical (unpaired) electrons. The molecule has 0 atom stereocenters. The van der Waals surface area contributed by atoms with Gasteiger partial charge in [0.05, 0.1) is 6.61 Å². The molecule has 1 aromatic heterocycles. The quantitative estimate of drug-likeness (QED) is 0.735. The lowest BCUT2D eigenvalue weighted by Crippen LogP contribution is -2.07. The molecule has 6 nitrogen and oxygen atoms in total. The summed E-state index contributed by atoms with van der Waals surface area (Å²) in [6.07, 6.45) is 0. The van der Waals surface area contributed by atoms with E-state index in [1.165, 1.54) is 6.07 Å². The van der Waals surface area contributed by atoms with Crippen LogP contribution in [0.1, 0.15) is 17.4 Å². The van der Waals surface area contributed by atoms with Crippen LogP contribution in [-0.4, -0.2) is 34.7 Å². The van der Waals surface area contributed by atoms with E-state index < -0.39 is 5.97 Å². The predicted molar refractivity (Wildman–Crippen MR) is 49.7 cm³/mol. The Morgan fingerprint density at radius 1 is 1.64 bits per heavy atom. The molecular weight excluding hydrogens is 186 g/mol. The molecular formula is C8H11N3O3. The third-order valence-corrected chi connectivity index (χ3v) is 1.45. The fraction of sp³-hybridized carbons (Fsp3) is 0.375. The monoisotopic (exact) mass is 197 g/mol. The first kappa shape index (κ1) is 10.2. The Morgan fingerprint density at radius 2 is 2.36 bits per heavy atom. The first-order chi connectivity index (χ1) is 6.67. The van der Waals surface area contributed by atoms with Gasteiger partial charge in [-0.3, -0.25) is 0 Å². The number of carbonyl (C=O) groups is 1. The summed E-state index contributed by atoms with van der Waals surface area (Å²) < 4.78 is 5.01. The molecule has 0 aliphatic heterocycles. The van der Waals surface area contributed by atoms with Crippen molar-refractivity contribution in [3.8, 4) is 6.01 Å². The largest absolute Gasteiger partial charge is 0.477 e. The maximum atomic E-state index is 10.7. The molecule has 0 aromatic carbocycles. The molecule has 0 amide bonds. The number of carboxylic acid groups (broad SMARTS) is 1. The Hall–Kier alpha value is -1.85. The van der Waals surface area contributed by atoms with Gasteiger partial charge in [-0.2, -0.15) is 9.97 Å². The van der Waals surface area contributed by atoms with Crippen molar-refractivity contribution in [1.29, 1.82) is 0 Å². The summed E-state index contributed by atoms with van der Waals surface area (Å²) in [4.78, 5) is 18.3. The van der Waals surface area contributed by atoms with E-state index in [4.69, 9.17) is 9.84 Å². The van der Waals surface area contributed by atoms with Crippen LogP contribution in [0.3, 0.4) is 0 Å². The van der Waals surface area contributed by atoms with E-state index in [1.807, 2.05) is 0 Å². The summed E-state index contributed by atoms with van der Waals surface area (Å²) in [5, 5.41) is 11.5. The van der Waals surface area contributed by atoms with Crippen LogP contribution in [0, 0.1) is 0 Å². The van der Waals surface area contributed by atoms with Gasteiger partial charge >= 0.3 is 12.0 Å². The van der Waals surface area contributed by atoms with Gasteiger partial charge in [0, 0.05) is 13.1 Å². The molecule has 0 fully saturated rings. The second kappa shape index (κ2) is 4.40. The molecule has 0 aliphatic carbocycles. The number of carboxylic acids is 1. The molecule has 0 saturated carbocycles. The van der Waals surface area contributed by atoms with Gasteiger partial charge in [0.1, 0.15) is 5.82 Å². The zero-order valence-electron chi connectivity index (χ0n) is 7.94. The van der Waals surface area contributed by atoms with Crippen molar-refractivity contribution in [2.75, 3.05) is 19.0 Å².